The van der Waals surface area contributed by atoms with Crippen LogP contribution in [0.3, 0.4) is 0 Å². The minimum absolute atomic E-state index is 0.250. The van der Waals surface area contributed by atoms with Crippen LogP contribution in [-0.4, -0.2) is 24.0 Å². The second-order valence-corrected chi connectivity index (χ2v) is 6.67. The molecule has 2 rings (SSSR count). The van der Waals surface area contributed by atoms with E-state index in [0.717, 1.165) is 28.5 Å². The molecule has 0 aromatic heterocycles. The molecule has 0 saturated carbocycles. The van der Waals surface area contributed by atoms with Crippen LogP contribution >= 0.6 is 0 Å². The van der Waals surface area contributed by atoms with Gasteiger partial charge in [0.05, 0.1) is 13.0 Å². The Labute approximate surface area is 158 Å². The van der Waals surface area contributed by atoms with Gasteiger partial charge in [-0.25, -0.2) is 0 Å². The van der Waals surface area contributed by atoms with Crippen LogP contribution in [0.4, 0.5) is 0 Å². The third-order valence-electron chi connectivity index (χ3n) is 4.49. The van der Waals surface area contributed by atoms with Gasteiger partial charge in [-0.2, -0.15) is 0 Å². The van der Waals surface area contributed by atoms with Crippen molar-refractivity contribution in [1.82, 2.24) is 0 Å². The predicted molar refractivity (Wildman–Crippen MR) is 101 cm³/mol. The summed E-state index contributed by atoms with van der Waals surface area (Å²) in [6.45, 7) is 5.07. The standard InChI is InChI=1S/C20H25NO6/c1-5-6-11-20(3,27-21(23)24)26-19(22)14(2)15-7-8-17-13-18(25-4)10-9-16(17)12-15/h7-10,12-14H,5-6,11H2,1-4H3/t14-,20?/m0/s1. The number of hydrogen-bond donors (Lipinski definition) is 0. The number of unbranched alkanes of at least 4 members (excludes halogenated alkanes) is 1. The van der Waals surface area contributed by atoms with E-state index in [4.69, 9.17) is 9.47 Å². The van der Waals surface area contributed by atoms with Crippen molar-refractivity contribution in [2.75, 3.05) is 7.11 Å². The van der Waals surface area contributed by atoms with E-state index in [0.29, 0.717) is 6.42 Å². The summed E-state index contributed by atoms with van der Waals surface area (Å²) >= 11 is 0. The molecule has 0 aliphatic carbocycles. The minimum Gasteiger partial charge on any atom is -0.497 e. The summed E-state index contributed by atoms with van der Waals surface area (Å²) in [6, 6.07) is 11.3. The van der Waals surface area contributed by atoms with Crippen molar-refractivity contribution in [1.29, 1.82) is 0 Å². The highest BCUT2D eigenvalue weighted by molar-refractivity contribution is 5.86. The van der Waals surface area contributed by atoms with Gasteiger partial charge >= 0.3 is 5.97 Å². The molecule has 2 atom stereocenters. The summed E-state index contributed by atoms with van der Waals surface area (Å²) in [5.74, 6) is -1.99. The average Bonchev–Trinajstić information content (AvgIpc) is 2.64. The molecule has 0 spiro atoms. The lowest BCUT2D eigenvalue weighted by Crippen LogP contribution is -2.38. The molecular weight excluding hydrogens is 350 g/mol. The zero-order valence-electron chi connectivity index (χ0n) is 16.1. The number of methoxy groups -OCH3 is 1. The van der Waals surface area contributed by atoms with Crippen LogP contribution in [0.2, 0.25) is 0 Å². The maximum Gasteiger partial charge on any atom is 0.315 e. The van der Waals surface area contributed by atoms with Gasteiger partial charge in [-0.3, -0.25) is 9.63 Å². The fraction of sp³-hybridized carbons (Fsp3) is 0.450. The average molecular weight is 375 g/mol. The Kier molecular flexibility index (Phi) is 6.60. The zero-order chi connectivity index (χ0) is 20.0. The van der Waals surface area contributed by atoms with Gasteiger partial charge in [0.2, 0.25) is 0 Å². The van der Waals surface area contributed by atoms with Crippen molar-refractivity contribution in [2.45, 2.75) is 51.7 Å². The Morgan fingerprint density at radius 2 is 1.89 bits per heavy atom. The van der Waals surface area contributed by atoms with Crippen LogP contribution < -0.4 is 4.74 Å². The lowest BCUT2D eigenvalue weighted by atomic mass is 9.97. The number of rotatable bonds is 9. The van der Waals surface area contributed by atoms with Crippen molar-refractivity contribution in [3.05, 3.63) is 52.1 Å². The first-order chi connectivity index (χ1) is 12.8. The normalized spacial score (nSPS) is 14.2. The summed E-state index contributed by atoms with van der Waals surface area (Å²) < 4.78 is 10.6. The number of carbonyl (C=O) groups is 1. The molecule has 0 bridgehead atoms. The highest BCUT2D eigenvalue weighted by Gasteiger charge is 2.34. The molecule has 0 saturated heterocycles. The third kappa shape index (κ3) is 5.32. The Morgan fingerprint density at radius 3 is 2.52 bits per heavy atom. The smallest absolute Gasteiger partial charge is 0.315 e. The van der Waals surface area contributed by atoms with E-state index in [1.54, 1.807) is 14.0 Å². The van der Waals surface area contributed by atoms with Crippen LogP contribution in [0.25, 0.3) is 10.8 Å². The summed E-state index contributed by atoms with van der Waals surface area (Å²) in [4.78, 5) is 28.0. The van der Waals surface area contributed by atoms with Gasteiger partial charge in [0.15, 0.2) is 0 Å². The first-order valence-corrected chi connectivity index (χ1v) is 8.92. The molecule has 0 aliphatic rings. The molecule has 1 unspecified atom stereocenters. The molecule has 0 N–H and O–H groups in total. The van der Waals surface area contributed by atoms with E-state index in [9.17, 15) is 14.9 Å². The molecular formula is C20H25NO6. The Hall–Kier alpha value is -2.83. The van der Waals surface area contributed by atoms with Gasteiger partial charge in [0, 0.05) is 13.3 Å². The number of benzene rings is 2. The van der Waals surface area contributed by atoms with Crippen molar-refractivity contribution in [2.24, 2.45) is 0 Å². The molecule has 27 heavy (non-hydrogen) atoms. The Bertz CT molecular complexity index is 821. The van der Waals surface area contributed by atoms with Gasteiger partial charge in [-0.1, -0.05) is 37.6 Å². The molecule has 2 aromatic carbocycles. The highest BCUT2D eigenvalue weighted by atomic mass is 17.0. The fourth-order valence-corrected chi connectivity index (χ4v) is 2.85. The Balaban J connectivity index is 2.19. The molecule has 0 amide bonds. The van der Waals surface area contributed by atoms with Crippen molar-refractivity contribution in [3.63, 3.8) is 0 Å². The summed E-state index contributed by atoms with van der Waals surface area (Å²) in [7, 11) is 1.61. The van der Waals surface area contributed by atoms with Gasteiger partial charge < -0.3 is 9.47 Å². The predicted octanol–water partition coefficient (Wildman–Crippen LogP) is 4.61. The summed E-state index contributed by atoms with van der Waals surface area (Å²) in [5.41, 5.74) is 0.761. The number of nitrogens with zero attached hydrogens (tertiary/aromatic N) is 1. The van der Waals surface area contributed by atoms with E-state index < -0.39 is 22.8 Å². The van der Waals surface area contributed by atoms with Gasteiger partial charge in [0.25, 0.3) is 10.9 Å². The number of fused-ring (bicyclic) bond motifs is 1. The van der Waals surface area contributed by atoms with Crippen molar-refractivity contribution < 1.29 is 24.2 Å². The highest BCUT2D eigenvalue weighted by Crippen LogP contribution is 2.28. The molecule has 0 aliphatic heterocycles. The van der Waals surface area contributed by atoms with Crippen molar-refractivity contribution >= 4 is 16.7 Å². The van der Waals surface area contributed by atoms with Crippen LogP contribution in [0.1, 0.15) is 51.5 Å². The fourth-order valence-electron chi connectivity index (χ4n) is 2.85. The number of hydrogen-bond acceptors (Lipinski definition) is 6. The lowest BCUT2D eigenvalue weighted by molar-refractivity contribution is -0.793. The summed E-state index contributed by atoms with van der Waals surface area (Å²) in [5, 5.41) is 11.8. The second-order valence-electron chi connectivity index (χ2n) is 6.67. The molecule has 146 valence electrons. The van der Waals surface area contributed by atoms with E-state index in [-0.39, 0.29) is 6.42 Å². The quantitative estimate of drug-likeness (QED) is 0.275. The van der Waals surface area contributed by atoms with E-state index in [1.165, 1.54) is 6.92 Å². The molecule has 0 radical (unpaired) electrons. The van der Waals surface area contributed by atoms with E-state index in [1.807, 2.05) is 43.3 Å². The number of carbonyl (C=O) groups excluding carboxylic acids is 1. The van der Waals surface area contributed by atoms with Crippen molar-refractivity contribution in [3.8, 4) is 5.75 Å². The monoisotopic (exact) mass is 375 g/mol. The van der Waals surface area contributed by atoms with Crippen LogP contribution in [-0.2, 0) is 14.4 Å². The Morgan fingerprint density at radius 1 is 1.22 bits per heavy atom. The SMILES string of the molecule is CCCCC(C)(OC(=O)[C@@H](C)c1ccc2cc(OC)ccc2c1)O[N+](=O)[O-]. The minimum atomic E-state index is -1.59. The molecule has 0 fully saturated rings. The van der Waals surface area contributed by atoms with Crippen LogP contribution in [0, 0.1) is 10.1 Å². The van der Waals surface area contributed by atoms with Gasteiger partial charge in [0.1, 0.15) is 5.75 Å². The lowest BCUT2D eigenvalue weighted by Gasteiger charge is -2.28. The molecule has 7 heteroatoms. The summed E-state index contributed by atoms with van der Waals surface area (Å²) in [6.07, 6.45) is 1.70. The maximum atomic E-state index is 12.6. The second kappa shape index (κ2) is 8.70. The molecule has 7 nitrogen and oxygen atoms in total. The van der Waals surface area contributed by atoms with Crippen LogP contribution in [0.5, 0.6) is 5.75 Å². The molecule has 2 aromatic rings. The largest absolute Gasteiger partial charge is 0.497 e. The molecule has 0 heterocycles. The van der Waals surface area contributed by atoms with E-state index >= 15 is 0 Å². The van der Waals surface area contributed by atoms with E-state index in [2.05, 4.69) is 4.84 Å². The van der Waals surface area contributed by atoms with Crippen LogP contribution in [0.15, 0.2) is 36.4 Å². The topological polar surface area (TPSA) is 87.9 Å². The van der Waals surface area contributed by atoms with Gasteiger partial charge in [-0.05, 0) is 41.8 Å². The first kappa shape index (κ1) is 20.5. The number of esters is 1. The first-order valence-electron chi connectivity index (χ1n) is 8.92. The zero-order valence-corrected chi connectivity index (χ0v) is 16.1. The van der Waals surface area contributed by atoms with Gasteiger partial charge in [-0.15, -0.1) is 10.1 Å². The number of ether oxygens (including phenoxy) is 2. The third-order valence-corrected chi connectivity index (χ3v) is 4.49. The maximum absolute atomic E-state index is 12.6.